The Morgan fingerprint density at radius 2 is 1.66 bits per heavy atom. The first kappa shape index (κ1) is 22.4. The number of nitrogens with one attached hydrogen (secondary N) is 1. The minimum atomic E-state index is -4.33. The SMILES string of the molecule is CC12COC([C@H](CC#Cc3ccccc3)NS(=O)(=O)c3ccccc3[N+](=O)[O-])(OC1)OC2. The fraction of sp³-hybridized carbons (Fsp3) is 0.364. The molecule has 32 heavy (non-hydrogen) atoms. The smallest absolute Gasteiger partial charge is 0.301 e. The maximum absolute atomic E-state index is 13.1. The topological polar surface area (TPSA) is 117 Å². The lowest BCUT2D eigenvalue weighted by atomic mass is 9.91. The maximum Gasteiger partial charge on any atom is 0.301 e. The van der Waals surface area contributed by atoms with Crippen molar-refractivity contribution in [1.29, 1.82) is 0 Å². The molecule has 3 heterocycles. The normalized spacial score (nSPS) is 25.5. The summed E-state index contributed by atoms with van der Waals surface area (Å²) >= 11 is 0. The van der Waals surface area contributed by atoms with E-state index in [1.165, 1.54) is 18.2 Å². The van der Waals surface area contributed by atoms with Gasteiger partial charge in [-0.15, -0.1) is 0 Å². The van der Waals surface area contributed by atoms with E-state index < -0.39 is 37.5 Å². The molecular weight excluding hydrogens is 436 g/mol. The summed E-state index contributed by atoms with van der Waals surface area (Å²) in [6.45, 7) is 2.91. The molecule has 3 saturated heterocycles. The third-order valence-corrected chi connectivity index (χ3v) is 6.77. The molecule has 2 aromatic rings. The van der Waals surface area contributed by atoms with Crippen LogP contribution in [-0.2, 0) is 24.2 Å². The Hall–Kier alpha value is -2.81. The standard InChI is InChI=1S/C22H22N2O7S/c1-21-14-29-22(30-15-21,31-16-21)20(13-7-10-17-8-3-2-4-9-17)23-32(27,28)19-12-6-5-11-18(19)24(25)26/h2-6,8-9,11-12,20,23H,13-16H2,1H3/t20-,21?,22?/m0/s1. The van der Waals surface area contributed by atoms with Gasteiger partial charge in [-0.05, 0) is 18.2 Å². The number of hydrogen-bond donors (Lipinski definition) is 1. The first-order valence-electron chi connectivity index (χ1n) is 9.95. The Morgan fingerprint density at radius 3 is 2.28 bits per heavy atom. The molecule has 2 bridgehead atoms. The lowest BCUT2D eigenvalue weighted by molar-refractivity contribution is -0.472. The Bertz CT molecular complexity index is 1150. The molecule has 0 saturated carbocycles. The molecule has 0 amide bonds. The first-order chi connectivity index (χ1) is 15.2. The van der Waals surface area contributed by atoms with E-state index in [2.05, 4.69) is 16.6 Å². The van der Waals surface area contributed by atoms with Crippen molar-refractivity contribution >= 4 is 15.7 Å². The van der Waals surface area contributed by atoms with E-state index in [9.17, 15) is 18.5 Å². The predicted molar refractivity (Wildman–Crippen MR) is 114 cm³/mol. The summed E-state index contributed by atoms with van der Waals surface area (Å²) < 4.78 is 46.2. The molecule has 0 spiro atoms. The molecule has 0 aromatic heterocycles. The van der Waals surface area contributed by atoms with Gasteiger partial charge in [0.15, 0.2) is 4.90 Å². The molecule has 3 fully saturated rings. The van der Waals surface area contributed by atoms with Gasteiger partial charge in [-0.25, -0.2) is 8.42 Å². The highest BCUT2D eigenvalue weighted by atomic mass is 32.2. The van der Waals surface area contributed by atoms with Crippen molar-refractivity contribution in [2.75, 3.05) is 19.8 Å². The number of nitrogens with zero attached hydrogens (tertiary/aromatic N) is 1. The highest BCUT2D eigenvalue weighted by molar-refractivity contribution is 7.89. The summed E-state index contributed by atoms with van der Waals surface area (Å²) in [5, 5.41) is 11.4. The van der Waals surface area contributed by atoms with Gasteiger partial charge in [0.05, 0.1) is 24.7 Å². The van der Waals surface area contributed by atoms with Gasteiger partial charge in [-0.1, -0.05) is 49.1 Å². The summed E-state index contributed by atoms with van der Waals surface area (Å²) in [6.07, 6.45) is -0.00846. The number of sulfonamides is 1. The Labute approximate surface area is 185 Å². The van der Waals surface area contributed by atoms with E-state index in [0.29, 0.717) is 19.8 Å². The molecule has 2 aromatic carbocycles. The molecule has 10 heteroatoms. The van der Waals surface area contributed by atoms with E-state index >= 15 is 0 Å². The summed E-state index contributed by atoms with van der Waals surface area (Å²) in [5.41, 5.74) is -0.0961. The van der Waals surface area contributed by atoms with Crippen molar-refractivity contribution in [3.63, 3.8) is 0 Å². The molecule has 0 unspecified atom stereocenters. The average Bonchev–Trinajstić information content (AvgIpc) is 2.80. The molecule has 0 radical (unpaired) electrons. The van der Waals surface area contributed by atoms with Gasteiger partial charge < -0.3 is 14.2 Å². The Balaban J connectivity index is 1.65. The van der Waals surface area contributed by atoms with Crippen LogP contribution in [0.25, 0.3) is 0 Å². The van der Waals surface area contributed by atoms with Gasteiger partial charge in [0.25, 0.3) is 5.69 Å². The molecule has 0 aliphatic carbocycles. The van der Waals surface area contributed by atoms with E-state index in [1.54, 1.807) is 0 Å². The lowest BCUT2D eigenvalue weighted by Gasteiger charge is -2.52. The highest BCUT2D eigenvalue weighted by Gasteiger charge is 2.55. The van der Waals surface area contributed by atoms with Crippen LogP contribution in [0.2, 0.25) is 0 Å². The summed E-state index contributed by atoms with van der Waals surface area (Å²) in [5.74, 6) is 4.25. The van der Waals surface area contributed by atoms with Crippen molar-refractivity contribution in [3.05, 3.63) is 70.3 Å². The number of nitro benzene ring substituents is 1. The molecule has 5 rings (SSSR count). The van der Waals surface area contributed by atoms with Gasteiger partial charge in [0.2, 0.25) is 10.0 Å². The van der Waals surface area contributed by atoms with Crippen molar-refractivity contribution in [1.82, 2.24) is 4.72 Å². The van der Waals surface area contributed by atoms with E-state index in [1.807, 2.05) is 37.3 Å². The third-order valence-electron chi connectivity index (χ3n) is 5.25. The van der Waals surface area contributed by atoms with Crippen LogP contribution < -0.4 is 4.72 Å². The number of para-hydroxylation sites is 1. The van der Waals surface area contributed by atoms with Crippen molar-refractivity contribution in [3.8, 4) is 11.8 Å². The molecule has 1 atom stereocenters. The van der Waals surface area contributed by atoms with Crippen LogP contribution in [0.4, 0.5) is 5.69 Å². The second-order valence-corrected chi connectivity index (χ2v) is 9.73. The largest absolute Gasteiger partial charge is 0.325 e. The molecule has 1 N–H and O–H groups in total. The monoisotopic (exact) mass is 458 g/mol. The summed E-state index contributed by atoms with van der Waals surface area (Å²) in [4.78, 5) is 10.2. The van der Waals surface area contributed by atoms with Crippen LogP contribution >= 0.6 is 0 Å². The van der Waals surface area contributed by atoms with E-state index in [0.717, 1.165) is 11.6 Å². The van der Waals surface area contributed by atoms with E-state index in [4.69, 9.17) is 14.2 Å². The molecular formula is C22H22N2O7S. The predicted octanol–water partition coefficient (Wildman–Crippen LogP) is 2.42. The fourth-order valence-electron chi connectivity index (χ4n) is 3.48. The van der Waals surface area contributed by atoms with E-state index in [-0.39, 0.29) is 11.8 Å². The zero-order valence-corrected chi connectivity index (χ0v) is 18.1. The zero-order chi connectivity index (χ0) is 22.8. The second kappa shape index (κ2) is 8.61. The summed E-state index contributed by atoms with van der Waals surface area (Å²) in [7, 11) is -4.33. The maximum atomic E-state index is 13.1. The zero-order valence-electron chi connectivity index (χ0n) is 17.3. The van der Waals surface area contributed by atoms with Gasteiger partial charge in [0.1, 0.15) is 6.04 Å². The van der Waals surface area contributed by atoms with Crippen molar-refractivity contribution in [2.24, 2.45) is 5.41 Å². The number of rotatable bonds is 6. The first-order valence-corrected chi connectivity index (χ1v) is 11.4. The van der Waals surface area contributed by atoms with Gasteiger partial charge >= 0.3 is 5.97 Å². The highest BCUT2D eigenvalue weighted by Crippen LogP contribution is 2.41. The molecule has 3 aliphatic rings. The Morgan fingerprint density at radius 1 is 1.06 bits per heavy atom. The van der Waals surface area contributed by atoms with Gasteiger partial charge in [-0.3, -0.25) is 10.1 Å². The van der Waals surface area contributed by atoms with Gasteiger partial charge in [0, 0.05) is 23.5 Å². The van der Waals surface area contributed by atoms with Crippen LogP contribution in [0.1, 0.15) is 18.9 Å². The average molecular weight is 458 g/mol. The lowest BCUT2D eigenvalue weighted by Crippen LogP contribution is -2.67. The second-order valence-electron chi connectivity index (χ2n) is 8.05. The van der Waals surface area contributed by atoms with Crippen molar-refractivity contribution < 1.29 is 27.6 Å². The number of hydrogen-bond acceptors (Lipinski definition) is 7. The summed E-state index contributed by atoms with van der Waals surface area (Å²) in [6, 6.07) is 13.3. The number of ether oxygens (including phenoxy) is 3. The van der Waals surface area contributed by atoms with Gasteiger partial charge in [-0.2, -0.15) is 4.72 Å². The Kier molecular flexibility index (Phi) is 6.03. The number of fused-ring (bicyclic) bond motifs is 3. The van der Waals surface area contributed by atoms with Crippen LogP contribution in [-0.4, -0.2) is 45.2 Å². The quantitative estimate of drug-likeness (QED) is 0.401. The number of benzene rings is 2. The van der Waals surface area contributed by atoms with Crippen molar-refractivity contribution in [2.45, 2.75) is 30.3 Å². The van der Waals surface area contributed by atoms with Crippen LogP contribution in [0.3, 0.4) is 0 Å². The molecule has 168 valence electrons. The molecule has 9 nitrogen and oxygen atoms in total. The fourth-order valence-corrected chi connectivity index (χ4v) is 4.88. The minimum Gasteiger partial charge on any atom is -0.325 e. The third kappa shape index (κ3) is 4.53. The van der Waals surface area contributed by atoms with Crippen LogP contribution in [0, 0.1) is 27.4 Å². The van der Waals surface area contributed by atoms with Crippen LogP contribution in [0.5, 0.6) is 0 Å². The minimum absolute atomic E-state index is 0.00846. The van der Waals surface area contributed by atoms with Crippen LogP contribution in [0.15, 0.2) is 59.5 Å². The number of nitro groups is 1. The molecule has 3 aliphatic heterocycles.